The van der Waals surface area contributed by atoms with Crippen molar-refractivity contribution in [1.29, 1.82) is 0 Å². The second-order valence-corrected chi connectivity index (χ2v) is 4.33. The van der Waals surface area contributed by atoms with Crippen LogP contribution < -0.4 is 51.4 Å². The second-order valence-electron chi connectivity index (χ2n) is 4.33. The topological polar surface area (TPSA) is 31.2 Å². The molecule has 0 aromatic carbocycles. The molecule has 1 fully saturated rings. The molecule has 0 saturated carbocycles. The Kier molecular flexibility index (Phi) is 17.6. The SMILES string of the molecule is CCC1CC[N-]CC1.CCCCC(C)=O.[K+]. The Bertz CT molecular complexity index is 156. The Labute approximate surface area is 144 Å². The average molecular weight is 251 g/mol. The standard InChI is InChI=1S/C7H14N.C6H12O.K/c1-2-7-3-5-8-6-4-7;1-3-4-5-6(2)7;/h7H,2-6H2,1H3;3-5H2,1-2H3;/q-1;;+1. The van der Waals surface area contributed by atoms with E-state index in [2.05, 4.69) is 19.2 Å². The number of carbonyl (C=O) groups excluding carboxylic acids is 1. The molecule has 0 bridgehead atoms. The molecule has 1 heterocycles. The van der Waals surface area contributed by atoms with E-state index in [-0.39, 0.29) is 51.4 Å². The minimum Gasteiger partial charge on any atom is -0.662 e. The number of unbranched alkanes of at least 4 members (excludes halogenated alkanes) is 1. The number of nitrogens with zero attached hydrogens (tertiary/aromatic N) is 1. The maximum atomic E-state index is 10.2. The number of ketones is 1. The summed E-state index contributed by atoms with van der Waals surface area (Å²) in [6.07, 6.45) is 6.98. The van der Waals surface area contributed by atoms with Crippen LogP contribution in [0.25, 0.3) is 5.32 Å². The molecule has 0 radical (unpaired) electrons. The van der Waals surface area contributed by atoms with Gasteiger partial charge in [-0.25, -0.2) is 0 Å². The van der Waals surface area contributed by atoms with Crippen LogP contribution in [0.1, 0.15) is 59.3 Å². The zero-order chi connectivity index (χ0) is 11.5. The largest absolute Gasteiger partial charge is 1.00 e. The van der Waals surface area contributed by atoms with E-state index >= 15 is 0 Å². The summed E-state index contributed by atoms with van der Waals surface area (Å²) in [4.78, 5) is 10.2. The van der Waals surface area contributed by atoms with E-state index in [1.165, 1.54) is 19.3 Å². The molecule has 2 nitrogen and oxygen atoms in total. The summed E-state index contributed by atoms with van der Waals surface area (Å²) in [5.41, 5.74) is 0. The average Bonchev–Trinajstić information content (AvgIpc) is 2.28. The summed E-state index contributed by atoms with van der Waals surface area (Å²) >= 11 is 0. The van der Waals surface area contributed by atoms with Gasteiger partial charge in [0.05, 0.1) is 0 Å². The number of Topliss-reactive ketones (excluding diaryl/α,β-unsaturated/α-hetero) is 1. The zero-order valence-electron chi connectivity index (χ0n) is 11.6. The van der Waals surface area contributed by atoms with Crippen molar-refractivity contribution in [2.24, 2.45) is 5.92 Å². The van der Waals surface area contributed by atoms with Gasteiger partial charge in [0.15, 0.2) is 0 Å². The fourth-order valence-corrected chi connectivity index (χ4v) is 1.64. The van der Waals surface area contributed by atoms with Gasteiger partial charge >= 0.3 is 51.4 Å². The number of hydrogen-bond acceptors (Lipinski definition) is 1. The van der Waals surface area contributed by atoms with Crippen molar-refractivity contribution in [1.82, 2.24) is 0 Å². The minimum absolute atomic E-state index is 0. The van der Waals surface area contributed by atoms with Gasteiger partial charge in [-0.3, -0.25) is 0 Å². The molecule has 90 valence electrons. The number of hydrogen-bond donors (Lipinski definition) is 0. The van der Waals surface area contributed by atoms with Crippen molar-refractivity contribution in [2.45, 2.75) is 59.3 Å². The summed E-state index contributed by atoms with van der Waals surface area (Å²) < 4.78 is 0. The van der Waals surface area contributed by atoms with Crippen LogP contribution in [0.2, 0.25) is 0 Å². The third kappa shape index (κ3) is 13.3. The summed E-state index contributed by atoms with van der Waals surface area (Å²) in [5.74, 6) is 1.30. The third-order valence-corrected chi connectivity index (χ3v) is 2.85. The Hall–Kier alpha value is 1.27. The van der Waals surface area contributed by atoms with Crippen molar-refractivity contribution in [3.63, 3.8) is 0 Å². The number of carbonyl (C=O) groups is 1. The van der Waals surface area contributed by atoms with Crippen LogP contribution in [-0.2, 0) is 4.79 Å². The molecule has 1 aliphatic heterocycles. The van der Waals surface area contributed by atoms with Crippen molar-refractivity contribution in [2.75, 3.05) is 13.1 Å². The number of rotatable bonds is 4. The zero-order valence-corrected chi connectivity index (χ0v) is 14.7. The quantitative estimate of drug-likeness (QED) is 0.685. The van der Waals surface area contributed by atoms with Gasteiger partial charge in [-0.2, -0.15) is 0 Å². The van der Waals surface area contributed by atoms with Crippen molar-refractivity contribution in [3.8, 4) is 0 Å². The van der Waals surface area contributed by atoms with Crippen molar-refractivity contribution >= 4 is 5.78 Å². The summed E-state index contributed by atoms with van der Waals surface area (Å²) in [6.45, 7) is 8.24. The van der Waals surface area contributed by atoms with Crippen LogP contribution in [0, 0.1) is 5.92 Å². The van der Waals surface area contributed by atoms with Gasteiger partial charge in [0.25, 0.3) is 0 Å². The first-order valence-corrected chi connectivity index (χ1v) is 6.33. The van der Waals surface area contributed by atoms with E-state index in [9.17, 15) is 4.79 Å². The molecule has 3 heteroatoms. The summed E-state index contributed by atoms with van der Waals surface area (Å²) in [5, 5.41) is 4.28. The van der Waals surface area contributed by atoms with E-state index in [1.807, 2.05) is 0 Å². The maximum absolute atomic E-state index is 10.2. The second kappa shape index (κ2) is 14.3. The first-order chi connectivity index (χ1) is 7.20. The molecule has 0 aromatic heterocycles. The van der Waals surface area contributed by atoms with Gasteiger partial charge in [-0.15, -0.1) is 13.1 Å². The van der Waals surface area contributed by atoms with Gasteiger partial charge in [0.1, 0.15) is 5.78 Å². The molecule has 0 spiro atoms. The van der Waals surface area contributed by atoms with E-state index < -0.39 is 0 Å². The van der Waals surface area contributed by atoms with Crippen LogP contribution in [0.5, 0.6) is 0 Å². The van der Waals surface area contributed by atoms with Crippen molar-refractivity contribution in [3.05, 3.63) is 5.32 Å². The Morgan fingerprint density at radius 2 is 1.81 bits per heavy atom. The predicted octanol–water partition coefficient (Wildman–Crippen LogP) is 0.950. The molecule has 0 unspecified atom stereocenters. The van der Waals surface area contributed by atoms with Crippen LogP contribution in [0.4, 0.5) is 0 Å². The Morgan fingerprint density at radius 1 is 1.25 bits per heavy atom. The first-order valence-electron chi connectivity index (χ1n) is 6.33. The Balaban J connectivity index is 0. The number of piperidine rings is 1. The fraction of sp³-hybridized carbons (Fsp3) is 0.923. The smallest absolute Gasteiger partial charge is 0.662 e. The molecule has 1 aliphatic rings. The van der Waals surface area contributed by atoms with E-state index in [0.29, 0.717) is 5.78 Å². The van der Waals surface area contributed by atoms with Crippen LogP contribution >= 0.6 is 0 Å². The summed E-state index contributed by atoms with van der Waals surface area (Å²) in [6, 6.07) is 0. The van der Waals surface area contributed by atoms with Gasteiger partial charge in [-0.1, -0.05) is 39.5 Å². The fourth-order valence-electron chi connectivity index (χ4n) is 1.64. The van der Waals surface area contributed by atoms with Crippen LogP contribution in [-0.4, -0.2) is 18.9 Å². The molecule has 0 N–H and O–H groups in total. The van der Waals surface area contributed by atoms with Crippen LogP contribution in [0.3, 0.4) is 0 Å². The minimum atomic E-state index is 0. The molecule has 0 aliphatic carbocycles. The van der Waals surface area contributed by atoms with Gasteiger partial charge in [-0.05, 0) is 19.3 Å². The predicted molar refractivity (Wildman–Crippen MR) is 66.3 cm³/mol. The molecule has 1 saturated heterocycles. The van der Waals surface area contributed by atoms with E-state index in [0.717, 1.165) is 38.3 Å². The molecule has 1 rings (SSSR count). The molecule has 0 amide bonds. The Morgan fingerprint density at radius 3 is 2.06 bits per heavy atom. The van der Waals surface area contributed by atoms with Gasteiger partial charge in [0.2, 0.25) is 0 Å². The maximum Gasteiger partial charge on any atom is 1.00 e. The molecule has 0 atom stereocenters. The van der Waals surface area contributed by atoms with E-state index in [4.69, 9.17) is 0 Å². The molecule has 0 aromatic rings. The first kappa shape index (κ1) is 19.6. The van der Waals surface area contributed by atoms with Gasteiger partial charge < -0.3 is 10.1 Å². The summed E-state index contributed by atoms with van der Waals surface area (Å²) in [7, 11) is 0. The molecular formula is C13H26KNO. The molecular weight excluding hydrogens is 225 g/mol. The third-order valence-electron chi connectivity index (χ3n) is 2.85. The normalized spacial score (nSPS) is 15.7. The van der Waals surface area contributed by atoms with Crippen LogP contribution in [0.15, 0.2) is 0 Å². The molecule has 16 heavy (non-hydrogen) atoms. The van der Waals surface area contributed by atoms with E-state index in [1.54, 1.807) is 6.92 Å². The van der Waals surface area contributed by atoms with Crippen molar-refractivity contribution < 1.29 is 56.2 Å². The van der Waals surface area contributed by atoms with Gasteiger partial charge in [0, 0.05) is 6.42 Å². The monoisotopic (exact) mass is 251 g/mol.